The minimum Gasteiger partial charge on any atom is -0.386 e. The lowest BCUT2D eigenvalue weighted by molar-refractivity contribution is 0.0831. The molecule has 0 saturated heterocycles. The van der Waals surface area contributed by atoms with E-state index in [4.69, 9.17) is 0 Å². The summed E-state index contributed by atoms with van der Waals surface area (Å²) in [6.45, 7) is 0. The standard InChI is InChI=1S/C21H19NO2/c23-20(17-12-6-2-7-13-17)19(16-10-4-1-5-11-16)22-21(24)18-14-8-3-9-15-18/h1-15,19-20,23H,(H,22,24)/t19-,20+/m1/s1. The maximum atomic E-state index is 12.5. The summed E-state index contributed by atoms with van der Waals surface area (Å²) in [4.78, 5) is 12.5. The summed E-state index contributed by atoms with van der Waals surface area (Å²) >= 11 is 0. The van der Waals surface area contributed by atoms with Crippen molar-refractivity contribution in [1.29, 1.82) is 0 Å². The Morgan fingerprint density at radius 2 is 1.17 bits per heavy atom. The molecule has 2 N–H and O–H groups in total. The molecule has 3 nitrogen and oxygen atoms in total. The van der Waals surface area contributed by atoms with Gasteiger partial charge in [0, 0.05) is 5.56 Å². The van der Waals surface area contributed by atoms with E-state index < -0.39 is 12.1 Å². The number of aliphatic hydroxyl groups is 1. The normalized spacial score (nSPS) is 13.0. The van der Waals surface area contributed by atoms with Gasteiger partial charge in [-0.3, -0.25) is 4.79 Å². The van der Waals surface area contributed by atoms with E-state index in [1.165, 1.54) is 0 Å². The average Bonchev–Trinajstić information content (AvgIpc) is 2.67. The molecule has 0 aliphatic carbocycles. The summed E-state index contributed by atoms with van der Waals surface area (Å²) in [5.41, 5.74) is 2.19. The van der Waals surface area contributed by atoms with Gasteiger partial charge in [0.2, 0.25) is 0 Å². The largest absolute Gasteiger partial charge is 0.386 e. The lowest BCUT2D eigenvalue weighted by Gasteiger charge is -2.25. The molecule has 24 heavy (non-hydrogen) atoms. The molecular weight excluding hydrogens is 298 g/mol. The third kappa shape index (κ3) is 3.70. The molecule has 0 fully saturated rings. The molecule has 120 valence electrons. The lowest BCUT2D eigenvalue weighted by atomic mass is 9.95. The predicted octanol–water partition coefficient (Wildman–Crippen LogP) is 3.89. The Balaban J connectivity index is 1.90. The van der Waals surface area contributed by atoms with Gasteiger partial charge >= 0.3 is 0 Å². The molecule has 3 rings (SSSR count). The fourth-order valence-corrected chi connectivity index (χ4v) is 2.66. The topological polar surface area (TPSA) is 49.3 Å². The molecule has 1 amide bonds. The van der Waals surface area contributed by atoms with Gasteiger partial charge in [0.05, 0.1) is 6.04 Å². The molecular formula is C21H19NO2. The van der Waals surface area contributed by atoms with Crippen LogP contribution in [-0.2, 0) is 0 Å². The van der Waals surface area contributed by atoms with Crippen LogP contribution in [0.25, 0.3) is 0 Å². The zero-order valence-corrected chi connectivity index (χ0v) is 13.2. The molecule has 3 aromatic carbocycles. The third-order valence-corrected chi connectivity index (χ3v) is 3.94. The Morgan fingerprint density at radius 1 is 0.708 bits per heavy atom. The summed E-state index contributed by atoms with van der Waals surface area (Å²) in [5, 5.41) is 13.8. The van der Waals surface area contributed by atoms with Crippen molar-refractivity contribution in [3.63, 3.8) is 0 Å². The van der Waals surface area contributed by atoms with Crippen molar-refractivity contribution in [1.82, 2.24) is 5.32 Å². The summed E-state index contributed by atoms with van der Waals surface area (Å²) in [6.07, 6.45) is -0.832. The molecule has 0 unspecified atom stereocenters. The van der Waals surface area contributed by atoms with E-state index in [1.807, 2.05) is 78.9 Å². The number of benzene rings is 3. The number of carbonyl (C=O) groups is 1. The number of hydrogen-bond acceptors (Lipinski definition) is 2. The van der Waals surface area contributed by atoms with E-state index in [2.05, 4.69) is 5.32 Å². The highest BCUT2D eigenvalue weighted by Crippen LogP contribution is 2.29. The number of amides is 1. The maximum Gasteiger partial charge on any atom is 0.251 e. The van der Waals surface area contributed by atoms with Gasteiger partial charge in [0.25, 0.3) is 5.91 Å². The van der Waals surface area contributed by atoms with E-state index in [1.54, 1.807) is 12.1 Å². The SMILES string of the molecule is O=C(N[C@H](c1ccccc1)[C@@H](O)c1ccccc1)c1ccccc1. The molecule has 3 aromatic rings. The molecule has 0 heterocycles. The highest BCUT2D eigenvalue weighted by Gasteiger charge is 2.24. The fraction of sp³-hybridized carbons (Fsp3) is 0.0952. The van der Waals surface area contributed by atoms with Crippen molar-refractivity contribution in [2.45, 2.75) is 12.1 Å². The minimum atomic E-state index is -0.832. The molecule has 3 heteroatoms. The number of carbonyl (C=O) groups excluding carboxylic acids is 1. The lowest BCUT2D eigenvalue weighted by Crippen LogP contribution is -2.32. The fourth-order valence-electron chi connectivity index (χ4n) is 2.66. The summed E-state index contributed by atoms with van der Waals surface area (Å²) in [6, 6.07) is 27.4. The Kier molecular flexibility index (Phi) is 5.04. The Labute approximate surface area is 141 Å². The number of nitrogens with one attached hydrogen (secondary N) is 1. The first-order valence-corrected chi connectivity index (χ1v) is 7.89. The van der Waals surface area contributed by atoms with Crippen LogP contribution in [0.5, 0.6) is 0 Å². The summed E-state index contributed by atoms with van der Waals surface area (Å²) in [7, 11) is 0. The molecule has 0 radical (unpaired) electrons. The van der Waals surface area contributed by atoms with Crippen molar-refractivity contribution in [3.8, 4) is 0 Å². The van der Waals surface area contributed by atoms with Crippen LogP contribution in [0.3, 0.4) is 0 Å². The first-order valence-electron chi connectivity index (χ1n) is 7.89. The van der Waals surface area contributed by atoms with Crippen molar-refractivity contribution < 1.29 is 9.90 Å². The van der Waals surface area contributed by atoms with E-state index in [-0.39, 0.29) is 5.91 Å². The third-order valence-electron chi connectivity index (χ3n) is 3.94. The van der Waals surface area contributed by atoms with Crippen LogP contribution < -0.4 is 5.32 Å². The van der Waals surface area contributed by atoms with Crippen LogP contribution in [0.1, 0.15) is 33.6 Å². The van der Waals surface area contributed by atoms with Gasteiger partial charge in [-0.15, -0.1) is 0 Å². The molecule has 0 bridgehead atoms. The zero-order valence-electron chi connectivity index (χ0n) is 13.2. The first-order chi connectivity index (χ1) is 11.8. The van der Waals surface area contributed by atoms with Crippen LogP contribution in [0.4, 0.5) is 0 Å². The Bertz CT molecular complexity index is 773. The van der Waals surface area contributed by atoms with Crippen LogP contribution >= 0.6 is 0 Å². The maximum absolute atomic E-state index is 12.5. The van der Waals surface area contributed by atoms with E-state index in [0.29, 0.717) is 5.56 Å². The number of hydrogen-bond donors (Lipinski definition) is 2. The second-order valence-corrected chi connectivity index (χ2v) is 5.58. The van der Waals surface area contributed by atoms with Gasteiger partial charge in [0.15, 0.2) is 0 Å². The zero-order chi connectivity index (χ0) is 16.8. The molecule has 0 aliphatic heterocycles. The van der Waals surface area contributed by atoms with Crippen molar-refractivity contribution >= 4 is 5.91 Å². The van der Waals surface area contributed by atoms with Crippen LogP contribution in [0, 0.1) is 0 Å². The van der Waals surface area contributed by atoms with Crippen molar-refractivity contribution in [2.75, 3.05) is 0 Å². The smallest absolute Gasteiger partial charge is 0.251 e. The number of rotatable bonds is 5. The van der Waals surface area contributed by atoms with E-state index in [9.17, 15) is 9.90 Å². The predicted molar refractivity (Wildman–Crippen MR) is 94.5 cm³/mol. The van der Waals surface area contributed by atoms with Gasteiger partial charge in [-0.25, -0.2) is 0 Å². The van der Waals surface area contributed by atoms with Crippen LogP contribution in [-0.4, -0.2) is 11.0 Å². The van der Waals surface area contributed by atoms with Gasteiger partial charge in [-0.2, -0.15) is 0 Å². The van der Waals surface area contributed by atoms with Gasteiger partial charge in [-0.05, 0) is 23.3 Å². The van der Waals surface area contributed by atoms with E-state index in [0.717, 1.165) is 11.1 Å². The van der Waals surface area contributed by atoms with Crippen molar-refractivity contribution in [2.24, 2.45) is 0 Å². The minimum absolute atomic E-state index is 0.209. The Hall–Kier alpha value is -2.91. The van der Waals surface area contributed by atoms with E-state index >= 15 is 0 Å². The highest BCUT2D eigenvalue weighted by molar-refractivity contribution is 5.94. The molecule has 0 saturated carbocycles. The van der Waals surface area contributed by atoms with Gasteiger partial charge < -0.3 is 10.4 Å². The second-order valence-electron chi connectivity index (χ2n) is 5.58. The first kappa shape index (κ1) is 16.0. The second kappa shape index (κ2) is 7.57. The number of aliphatic hydroxyl groups excluding tert-OH is 1. The van der Waals surface area contributed by atoms with Gasteiger partial charge in [0.1, 0.15) is 6.10 Å². The molecule has 2 atom stereocenters. The summed E-state index contributed by atoms with van der Waals surface area (Å²) in [5.74, 6) is -0.209. The molecule has 0 aromatic heterocycles. The average molecular weight is 317 g/mol. The Morgan fingerprint density at radius 3 is 1.71 bits per heavy atom. The van der Waals surface area contributed by atoms with Crippen molar-refractivity contribution in [3.05, 3.63) is 108 Å². The molecule has 0 spiro atoms. The van der Waals surface area contributed by atoms with Crippen LogP contribution in [0.15, 0.2) is 91.0 Å². The summed E-state index contributed by atoms with van der Waals surface area (Å²) < 4.78 is 0. The highest BCUT2D eigenvalue weighted by atomic mass is 16.3. The van der Waals surface area contributed by atoms with Crippen LogP contribution in [0.2, 0.25) is 0 Å². The quantitative estimate of drug-likeness (QED) is 0.750. The monoisotopic (exact) mass is 317 g/mol. The molecule has 0 aliphatic rings. The van der Waals surface area contributed by atoms with Gasteiger partial charge in [-0.1, -0.05) is 78.9 Å².